The fourth-order valence-electron chi connectivity index (χ4n) is 6.09. The van der Waals surface area contributed by atoms with Crippen LogP contribution in [0.4, 0.5) is 0 Å². The van der Waals surface area contributed by atoms with E-state index in [1.807, 2.05) is 6.92 Å². The normalized spacial score (nSPS) is 17.1. The summed E-state index contributed by atoms with van der Waals surface area (Å²) in [4.78, 5) is 83.0. The van der Waals surface area contributed by atoms with Gasteiger partial charge in [0.15, 0.2) is 0 Å². The second-order valence-corrected chi connectivity index (χ2v) is 14.2. The number of carbonyl (C=O) groups is 7. The summed E-state index contributed by atoms with van der Waals surface area (Å²) in [5, 5.41) is 71.0. The van der Waals surface area contributed by atoms with Gasteiger partial charge in [-0.15, -0.1) is 0 Å². The monoisotopic (exact) mass is 763 g/mol. The van der Waals surface area contributed by atoms with E-state index in [-0.39, 0.29) is 31.1 Å². The van der Waals surface area contributed by atoms with Gasteiger partial charge in [-0.25, -0.2) is 0 Å². The number of carbonyl (C=O) groups excluding carboxylic acids is 3. The molecular formula is C36H61NO16. The molecule has 0 aliphatic rings. The Bertz CT molecular complexity index is 1180. The van der Waals surface area contributed by atoms with Gasteiger partial charge in [0.05, 0.1) is 61.9 Å². The number of ether oxygens (including phenoxy) is 2. The lowest BCUT2D eigenvalue weighted by atomic mass is 9.87. The number of nitrogens with one attached hydrogen (secondary N) is 1. The number of unbranched alkanes of at least 4 members (excludes halogenated alkanes) is 2. The zero-order chi connectivity index (χ0) is 40.8. The van der Waals surface area contributed by atoms with Gasteiger partial charge in [-0.2, -0.15) is 0 Å². The Morgan fingerprint density at radius 2 is 1.09 bits per heavy atom. The van der Waals surface area contributed by atoms with Crippen LogP contribution in [-0.2, 0) is 43.0 Å². The van der Waals surface area contributed by atoms with Gasteiger partial charge in [0.25, 0.3) is 0 Å². The van der Waals surface area contributed by atoms with Crippen LogP contribution >= 0.6 is 0 Å². The average molecular weight is 764 g/mol. The van der Waals surface area contributed by atoms with Crippen LogP contribution in [0, 0.1) is 23.7 Å². The molecule has 0 aromatic heterocycles. The summed E-state index contributed by atoms with van der Waals surface area (Å²) >= 11 is 0. The Hall–Kier alpha value is -3.83. The van der Waals surface area contributed by atoms with Crippen LogP contribution in [0.15, 0.2) is 0 Å². The molecule has 53 heavy (non-hydrogen) atoms. The average Bonchev–Trinajstić information content (AvgIpc) is 3.02. The van der Waals surface area contributed by atoms with Crippen LogP contribution in [0.3, 0.4) is 0 Å². The molecule has 1 amide bonds. The van der Waals surface area contributed by atoms with Gasteiger partial charge < -0.3 is 50.5 Å². The van der Waals surface area contributed by atoms with Gasteiger partial charge in [-0.3, -0.25) is 33.6 Å². The summed E-state index contributed by atoms with van der Waals surface area (Å²) in [6.45, 7) is 8.35. The third kappa shape index (κ3) is 22.8. The number of aliphatic hydroxyl groups is 3. The summed E-state index contributed by atoms with van der Waals surface area (Å²) in [6.07, 6.45) is -4.36. The first-order valence-corrected chi connectivity index (χ1v) is 18.3. The second kappa shape index (κ2) is 26.0. The minimum Gasteiger partial charge on any atom is -0.481 e. The molecular weight excluding hydrogens is 702 g/mol. The van der Waals surface area contributed by atoms with E-state index in [0.717, 1.165) is 6.42 Å². The van der Waals surface area contributed by atoms with Crippen LogP contribution < -0.4 is 5.32 Å². The van der Waals surface area contributed by atoms with Crippen LogP contribution in [-0.4, -0.2) is 114 Å². The lowest BCUT2D eigenvalue weighted by Crippen LogP contribution is -2.42. The number of amides is 1. The van der Waals surface area contributed by atoms with Crippen LogP contribution in [0.25, 0.3) is 0 Å². The molecule has 0 saturated carbocycles. The van der Waals surface area contributed by atoms with E-state index in [1.165, 1.54) is 6.92 Å². The molecule has 0 aromatic rings. The van der Waals surface area contributed by atoms with E-state index in [1.54, 1.807) is 20.8 Å². The van der Waals surface area contributed by atoms with Gasteiger partial charge >= 0.3 is 35.8 Å². The van der Waals surface area contributed by atoms with E-state index >= 15 is 0 Å². The number of hydrogen-bond acceptors (Lipinski definition) is 12. The first-order valence-electron chi connectivity index (χ1n) is 18.3. The lowest BCUT2D eigenvalue weighted by Gasteiger charge is -2.33. The predicted molar refractivity (Wildman–Crippen MR) is 187 cm³/mol. The van der Waals surface area contributed by atoms with Crippen LogP contribution in [0.5, 0.6) is 0 Å². The van der Waals surface area contributed by atoms with E-state index in [4.69, 9.17) is 19.7 Å². The van der Waals surface area contributed by atoms with Crippen molar-refractivity contribution in [2.75, 3.05) is 0 Å². The molecule has 0 bridgehead atoms. The van der Waals surface area contributed by atoms with E-state index < -0.39 is 116 Å². The van der Waals surface area contributed by atoms with E-state index in [9.17, 15) is 59.1 Å². The quantitative estimate of drug-likeness (QED) is 0.0385. The molecule has 17 heteroatoms. The Kier molecular flexibility index (Phi) is 24.1. The van der Waals surface area contributed by atoms with E-state index in [0.29, 0.717) is 38.5 Å². The third-order valence-electron chi connectivity index (χ3n) is 9.01. The highest BCUT2D eigenvalue weighted by molar-refractivity contribution is 5.84. The number of aliphatic hydroxyl groups excluding tert-OH is 3. The Labute approximate surface area is 310 Å². The maximum atomic E-state index is 13.1. The molecule has 306 valence electrons. The predicted octanol–water partition coefficient (Wildman–Crippen LogP) is 2.74. The van der Waals surface area contributed by atoms with E-state index in [2.05, 4.69) is 5.32 Å². The molecule has 10 atom stereocenters. The van der Waals surface area contributed by atoms with Crippen molar-refractivity contribution >= 4 is 41.7 Å². The molecule has 17 nitrogen and oxygen atoms in total. The molecule has 0 saturated heterocycles. The molecule has 0 heterocycles. The number of aliphatic carboxylic acids is 4. The molecule has 0 spiro atoms. The summed E-state index contributed by atoms with van der Waals surface area (Å²) in [6, 6.07) is -0.534. The van der Waals surface area contributed by atoms with Gasteiger partial charge in [0.2, 0.25) is 5.91 Å². The summed E-state index contributed by atoms with van der Waals surface area (Å²) < 4.78 is 11.4. The highest BCUT2D eigenvalue weighted by Crippen LogP contribution is 2.29. The molecule has 0 radical (unpaired) electrons. The number of esters is 2. The van der Waals surface area contributed by atoms with Crippen molar-refractivity contribution in [3.05, 3.63) is 0 Å². The third-order valence-corrected chi connectivity index (χ3v) is 9.01. The first kappa shape index (κ1) is 49.2. The minimum absolute atomic E-state index is 0.00838. The van der Waals surface area contributed by atoms with Gasteiger partial charge in [0.1, 0.15) is 12.2 Å². The maximum Gasteiger partial charge on any atom is 0.307 e. The number of hydrogen-bond donors (Lipinski definition) is 8. The standard InChI is InChI=1S/C36H61NO16/c1-6-7-10-21(3)34(53-33(47)18-25(36(50)51)16-31(44)45)29(52-32(46)17-24(35(48)49)15-30(42)43)14-20(2)13-26(39)11-8-9-12-27(40)19-28(41)22(4)37-23(5)38/h20-22,24-29,34,39-41H,6-19H2,1-5H3,(H,37,38)(H,42,43)(H,44,45)(H,48,49)(H,50,51)/t20-,21+,22-,24-,25-,26+,27+,28-,29-,34+/m0/s1. The number of carboxylic acids is 4. The SMILES string of the molecule is CCCC[C@@H](C)[C@@H](OC(=O)C[C@H](CC(=O)O)C(=O)O)[C@H](C[C@@H](C)C[C@H](O)CCCC[C@@H](O)C[C@H](O)[C@H](C)NC(C)=O)OC(=O)C[C@H](CC(=O)O)C(=O)O. The van der Waals surface area contributed by atoms with Crippen molar-refractivity contribution in [3.8, 4) is 0 Å². The Morgan fingerprint density at radius 3 is 1.53 bits per heavy atom. The molecule has 0 aliphatic heterocycles. The van der Waals surface area contributed by atoms with Crippen LogP contribution in [0.1, 0.15) is 125 Å². The highest BCUT2D eigenvalue weighted by Gasteiger charge is 2.37. The molecule has 0 aliphatic carbocycles. The van der Waals surface area contributed by atoms with Crippen LogP contribution in [0.2, 0.25) is 0 Å². The molecule has 0 unspecified atom stereocenters. The maximum absolute atomic E-state index is 13.1. The fraction of sp³-hybridized carbons (Fsp3) is 0.806. The van der Waals surface area contributed by atoms with Crippen molar-refractivity contribution in [2.24, 2.45) is 23.7 Å². The molecule has 0 aromatic carbocycles. The van der Waals surface area contributed by atoms with Crippen molar-refractivity contribution in [2.45, 2.75) is 161 Å². The highest BCUT2D eigenvalue weighted by atomic mass is 16.6. The minimum atomic E-state index is -1.60. The second-order valence-electron chi connectivity index (χ2n) is 14.2. The zero-order valence-electron chi connectivity index (χ0n) is 31.5. The van der Waals surface area contributed by atoms with Gasteiger partial charge in [-0.1, -0.05) is 46.5 Å². The van der Waals surface area contributed by atoms with Gasteiger partial charge in [0, 0.05) is 13.3 Å². The van der Waals surface area contributed by atoms with Crippen molar-refractivity contribution in [1.82, 2.24) is 5.32 Å². The molecule has 0 fully saturated rings. The summed E-state index contributed by atoms with van der Waals surface area (Å²) in [5.41, 5.74) is 0. The largest absolute Gasteiger partial charge is 0.481 e. The smallest absolute Gasteiger partial charge is 0.307 e. The fourth-order valence-corrected chi connectivity index (χ4v) is 6.09. The number of rotatable bonds is 30. The first-order chi connectivity index (χ1) is 24.7. The zero-order valence-corrected chi connectivity index (χ0v) is 31.5. The Morgan fingerprint density at radius 1 is 0.623 bits per heavy atom. The molecule has 8 N–H and O–H groups in total. The topological polar surface area (TPSA) is 292 Å². The van der Waals surface area contributed by atoms with Crippen molar-refractivity contribution in [3.63, 3.8) is 0 Å². The summed E-state index contributed by atoms with van der Waals surface area (Å²) in [7, 11) is 0. The Balaban J connectivity index is 5.90. The van der Waals surface area contributed by atoms with Gasteiger partial charge in [-0.05, 0) is 50.9 Å². The van der Waals surface area contributed by atoms with Crippen molar-refractivity contribution < 1.29 is 78.8 Å². The van der Waals surface area contributed by atoms with Crippen molar-refractivity contribution in [1.29, 1.82) is 0 Å². The number of carboxylic acid groups (broad SMARTS) is 4. The summed E-state index contributed by atoms with van der Waals surface area (Å²) in [5.74, 6) is -12.4. The lowest BCUT2D eigenvalue weighted by molar-refractivity contribution is -0.177. The molecule has 0 rings (SSSR count).